The van der Waals surface area contributed by atoms with Gasteiger partial charge in [-0.3, -0.25) is 14.3 Å². The first-order valence-corrected chi connectivity index (χ1v) is 10.1. The van der Waals surface area contributed by atoms with Gasteiger partial charge in [-0.2, -0.15) is 16.9 Å². The molecule has 0 fully saturated rings. The summed E-state index contributed by atoms with van der Waals surface area (Å²) in [5, 5.41) is 19.6. The zero-order valence-corrected chi connectivity index (χ0v) is 16.0. The van der Waals surface area contributed by atoms with Gasteiger partial charge in [-0.15, -0.1) is 10.2 Å². The van der Waals surface area contributed by atoms with Gasteiger partial charge in [0.2, 0.25) is 0 Å². The fourth-order valence-electron chi connectivity index (χ4n) is 3.13. The lowest BCUT2D eigenvalue weighted by molar-refractivity contribution is 0.0930. The fourth-order valence-corrected chi connectivity index (χ4v) is 3.60. The largest absolute Gasteiger partial charge is 0.341 e. The topological polar surface area (TPSA) is 88.0 Å². The number of pyridine rings is 1. The van der Waals surface area contributed by atoms with Gasteiger partial charge >= 0.3 is 0 Å². The van der Waals surface area contributed by atoms with Gasteiger partial charge in [0, 0.05) is 11.6 Å². The second kappa shape index (κ2) is 7.40. The van der Waals surface area contributed by atoms with E-state index in [1.807, 2.05) is 60.2 Å². The van der Waals surface area contributed by atoms with E-state index < -0.39 is 0 Å². The van der Waals surface area contributed by atoms with Crippen molar-refractivity contribution in [2.45, 2.75) is 19.4 Å². The smallest absolute Gasteiger partial charge is 0.273 e. The Morgan fingerprint density at radius 3 is 3.04 bits per heavy atom. The number of aromatic amines is 1. The molecule has 138 valence electrons. The maximum absolute atomic E-state index is 13.0. The predicted molar refractivity (Wildman–Crippen MR) is 107 cm³/mol. The Labute approximate surface area is 160 Å². The molecule has 3 heterocycles. The first-order valence-electron chi connectivity index (χ1n) is 8.71. The van der Waals surface area contributed by atoms with Gasteiger partial charge < -0.3 is 5.32 Å². The molecule has 1 amide bonds. The molecule has 0 saturated carbocycles. The van der Waals surface area contributed by atoms with Crippen molar-refractivity contribution in [1.82, 2.24) is 30.1 Å². The van der Waals surface area contributed by atoms with Crippen LogP contribution in [0, 0.1) is 6.92 Å². The summed E-state index contributed by atoms with van der Waals surface area (Å²) in [4.78, 5) is 13.0. The Hall–Kier alpha value is -2.87. The van der Waals surface area contributed by atoms with Crippen LogP contribution < -0.4 is 5.32 Å². The van der Waals surface area contributed by atoms with Crippen LogP contribution in [-0.2, 0) is 0 Å². The van der Waals surface area contributed by atoms with Crippen LogP contribution in [0.4, 0.5) is 0 Å². The molecule has 1 unspecified atom stereocenters. The minimum atomic E-state index is -0.251. The second-order valence-electron chi connectivity index (χ2n) is 6.42. The van der Waals surface area contributed by atoms with Crippen LogP contribution in [0.15, 0.2) is 42.6 Å². The van der Waals surface area contributed by atoms with Crippen molar-refractivity contribution >= 4 is 34.2 Å². The molecule has 2 N–H and O–H groups in total. The highest BCUT2D eigenvalue weighted by Gasteiger charge is 2.23. The average Bonchev–Trinajstić information content (AvgIpc) is 3.29. The van der Waals surface area contributed by atoms with Crippen molar-refractivity contribution in [1.29, 1.82) is 0 Å². The number of benzene rings is 1. The number of carbonyl (C=O) groups is 1. The van der Waals surface area contributed by atoms with Crippen molar-refractivity contribution in [2.75, 3.05) is 12.0 Å². The van der Waals surface area contributed by atoms with E-state index in [0.29, 0.717) is 5.69 Å². The van der Waals surface area contributed by atoms with Crippen LogP contribution >= 0.6 is 11.8 Å². The number of amides is 1. The summed E-state index contributed by atoms with van der Waals surface area (Å²) in [6.07, 6.45) is 4.71. The summed E-state index contributed by atoms with van der Waals surface area (Å²) in [6, 6.07) is 11.4. The third-order valence-electron chi connectivity index (χ3n) is 4.50. The molecular weight excluding hydrogens is 360 g/mol. The van der Waals surface area contributed by atoms with E-state index in [9.17, 15) is 4.79 Å². The predicted octanol–water partition coefficient (Wildman–Crippen LogP) is 3.14. The van der Waals surface area contributed by atoms with Crippen molar-refractivity contribution in [2.24, 2.45) is 0 Å². The standard InChI is InChI=1S/C19H20N6OS/c1-12-6-7-14-13(11-12)17(23-21-14)19(26)20-15(8-10-27-2)18-24-22-16-5-3-4-9-25(16)18/h3-7,9,11,15H,8,10H2,1-2H3,(H,20,26)(H,21,23). The highest BCUT2D eigenvalue weighted by molar-refractivity contribution is 7.98. The fraction of sp³-hybridized carbons (Fsp3) is 0.263. The number of nitrogens with one attached hydrogen (secondary N) is 2. The van der Waals surface area contributed by atoms with Gasteiger partial charge in [-0.1, -0.05) is 17.7 Å². The van der Waals surface area contributed by atoms with E-state index in [1.165, 1.54) is 0 Å². The molecule has 0 bridgehead atoms. The van der Waals surface area contributed by atoms with Crippen LogP contribution in [0.3, 0.4) is 0 Å². The molecule has 3 aromatic heterocycles. The molecule has 8 heteroatoms. The molecule has 0 aliphatic carbocycles. The van der Waals surface area contributed by atoms with Gasteiger partial charge in [0.15, 0.2) is 17.2 Å². The quantitative estimate of drug-likeness (QED) is 0.536. The maximum atomic E-state index is 13.0. The zero-order valence-electron chi connectivity index (χ0n) is 15.1. The third-order valence-corrected chi connectivity index (χ3v) is 5.15. The van der Waals surface area contributed by atoms with Gasteiger partial charge in [-0.05, 0) is 49.6 Å². The Bertz CT molecular complexity index is 1100. The van der Waals surface area contributed by atoms with Crippen LogP contribution in [0.2, 0.25) is 0 Å². The van der Waals surface area contributed by atoms with Gasteiger partial charge in [0.1, 0.15) is 0 Å². The number of nitrogens with zero attached hydrogens (tertiary/aromatic N) is 4. The summed E-state index contributed by atoms with van der Waals surface area (Å²) in [5.41, 5.74) is 3.09. The number of aromatic nitrogens is 5. The molecule has 7 nitrogen and oxygen atoms in total. The number of H-pyrrole nitrogens is 1. The minimum Gasteiger partial charge on any atom is -0.341 e. The molecule has 0 aliphatic heterocycles. The lowest BCUT2D eigenvalue weighted by Gasteiger charge is -2.16. The molecule has 4 rings (SSSR count). The lowest BCUT2D eigenvalue weighted by atomic mass is 10.1. The average molecular weight is 380 g/mol. The number of thioether (sulfide) groups is 1. The van der Waals surface area contributed by atoms with Crippen molar-refractivity contribution < 1.29 is 4.79 Å². The summed E-state index contributed by atoms with van der Waals surface area (Å²) >= 11 is 1.73. The Morgan fingerprint density at radius 1 is 1.30 bits per heavy atom. The molecule has 27 heavy (non-hydrogen) atoms. The molecule has 0 saturated heterocycles. The van der Waals surface area contributed by atoms with Crippen molar-refractivity contribution in [3.63, 3.8) is 0 Å². The summed E-state index contributed by atoms with van der Waals surface area (Å²) in [7, 11) is 0. The number of fused-ring (bicyclic) bond motifs is 2. The second-order valence-corrected chi connectivity index (χ2v) is 7.40. The normalized spacial score (nSPS) is 12.5. The van der Waals surface area contributed by atoms with E-state index in [4.69, 9.17) is 0 Å². The first kappa shape index (κ1) is 17.5. The van der Waals surface area contributed by atoms with Crippen LogP contribution in [0.25, 0.3) is 16.6 Å². The van der Waals surface area contributed by atoms with E-state index in [-0.39, 0.29) is 11.9 Å². The van der Waals surface area contributed by atoms with Gasteiger partial charge in [-0.25, -0.2) is 0 Å². The lowest BCUT2D eigenvalue weighted by Crippen LogP contribution is -2.30. The molecular formula is C19H20N6OS. The van der Waals surface area contributed by atoms with Crippen LogP contribution in [-0.4, -0.2) is 42.7 Å². The summed E-state index contributed by atoms with van der Waals surface area (Å²) < 4.78 is 1.91. The number of hydrogen-bond donors (Lipinski definition) is 2. The zero-order chi connectivity index (χ0) is 18.8. The highest BCUT2D eigenvalue weighted by atomic mass is 32.2. The molecule has 0 radical (unpaired) electrons. The number of aryl methyl sites for hydroxylation is 1. The summed E-state index contributed by atoms with van der Waals surface area (Å²) in [6.45, 7) is 2.00. The third kappa shape index (κ3) is 3.40. The van der Waals surface area contributed by atoms with E-state index in [1.54, 1.807) is 11.8 Å². The molecule has 1 atom stereocenters. The maximum Gasteiger partial charge on any atom is 0.273 e. The Morgan fingerprint density at radius 2 is 2.19 bits per heavy atom. The van der Waals surface area contributed by atoms with Crippen molar-refractivity contribution in [3.8, 4) is 0 Å². The first-order chi connectivity index (χ1) is 13.2. The van der Waals surface area contributed by atoms with Crippen LogP contribution in [0.1, 0.15) is 34.3 Å². The summed E-state index contributed by atoms with van der Waals surface area (Å²) in [5.74, 6) is 1.40. The molecule has 0 aliphatic rings. The van der Waals surface area contributed by atoms with E-state index in [2.05, 4.69) is 25.7 Å². The van der Waals surface area contributed by atoms with Gasteiger partial charge in [0.25, 0.3) is 5.91 Å². The molecule has 1 aromatic carbocycles. The SMILES string of the molecule is CSCCC(NC(=O)c1n[nH]c2ccc(C)cc12)c1nnc2ccccn12. The molecule has 0 spiro atoms. The number of carbonyl (C=O) groups excluding carboxylic acids is 1. The monoisotopic (exact) mass is 380 g/mol. The van der Waals surface area contributed by atoms with E-state index in [0.717, 1.165) is 40.1 Å². The van der Waals surface area contributed by atoms with Gasteiger partial charge in [0.05, 0.1) is 11.6 Å². The minimum absolute atomic E-state index is 0.217. The van der Waals surface area contributed by atoms with Crippen molar-refractivity contribution in [3.05, 3.63) is 59.7 Å². The van der Waals surface area contributed by atoms with E-state index >= 15 is 0 Å². The van der Waals surface area contributed by atoms with Crippen LogP contribution in [0.5, 0.6) is 0 Å². The highest BCUT2D eigenvalue weighted by Crippen LogP contribution is 2.21. The number of hydrogen-bond acceptors (Lipinski definition) is 5. The Balaban J connectivity index is 1.67. The molecule has 4 aromatic rings. The Kier molecular flexibility index (Phi) is 4.81. The number of rotatable bonds is 6.